The van der Waals surface area contributed by atoms with E-state index in [-0.39, 0.29) is 5.91 Å². The topological polar surface area (TPSA) is 95.9 Å². The van der Waals surface area contributed by atoms with Gasteiger partial charge in [0.15, 0.2) is 6.10 Å². The molecule has 0 bridgehead atoms. The van der Waals surface area contributed by atoms with E-state index in [1.54, 1.807) is 22.6 Å². The molecule has 2 aromatic heterocycles. The van der Waals surface area contributed by atoms with Crippen molar-refractivity contribution in [1.29, 1.82) is 0 Å². The normalized spacial score (nSPS) is 24.0. The Morgan fingerprint density at radius 2 is 1.92 bits per heavy atom. The average Bonchev–Trinajstić information content (AvgIpc) is 3.30. The Labute approximate surface area is 148 Å². The van der Waals surface area contributed by atoms with Gasteiger partial charge < -0.3 is 19.6 Å². The molecule has 0 aliphatic carbocycles. The maximum absolute atomic E-state index is 12.5. The van der Waals surface area contributed by atoms with Crippen LogP contribution in [-0.4, -0.2) is 70.2 Å². The van der Waals surface area contributed by atoms with Crippen LogP contribution in [-0.2, 0) is 14.3 Å². The summed E-state index contributed by atoms with van der Waals surface area (Å²) in [6.45, 7) is 2.52. The van der Waals surface area contributed by atoms with Crippen molar-refractivity contribution in [3.8, 4) is 0 Å². The van der Waals surface area contributed by atoms with Crippen molar-refractivity contribution in [1.82, 2.24) is 14.9 Å². The first kappa shape index (κ1) is 16.2. The summed E-state index contributed by atoms with van der Waals surface area (Å²) in [5.41, 5.74) is 0.938. The fourth-order valence-electron chi connectivity index (χ4n) is 3.34. The summed E-state index contributed by atoms with van der Waals surface area (Å²) >= 11 is 1.62. The van der Waals surface area contributed by atoms with E-state index in [1.807, 2.05) is 11.4 Å². The van der Waals surface area contributed by atoms with E-state index in [4.69, 9.17) is 9.84 Å². The summed E-state index contributed by atoms with van der Waals surface area (Å²) in [6.07, 6.45) is 0.945. The molecule has 4 rings (SSSR count). The highest BCUT2D eigenvalue weighted by Gasteiger charge is 2.37. The smallest absolute Gasteiger partial charge is 0.332 e. The summed E-state index contributed by atoms with van der Waals surface area (Å²) in [5, 5.41) is 11.0. The zero-order valence-electron chi connectivity index (χ0n) is 13.5. The minimum absolute atomic E-state index is 0.104. The third-order valence-corrected chi connectivity index (χ3v) is 5.59. The minimum atomic E-state index is -0.996. The largest absolute Gasteiger partial charge is 0.479 e. The summed E-state index contributed by atoms with van der Waals surface area (Å²) in [6, 6.07) is 1.97. The molecule has 2 aliphatic heterocycles. The molecule has 4 heterocycles. The number of aliphatic carboxylic acids is 1. The van der Waals surface area contributed by atoms with Crippen LogP contribution in [0.15, 0.2) is 17.8 Å². The average molecular weight is 362 g/mol. The van der Waals surface area contributed by atoms with Gasteiger partial charge in [0.25, 0.3) is 5.91 Å². The fraction of sp³-hybridized carbons (Fsp3) is 0.500. The van der Waals surface area contributed by atoms with E-state index in [1.165, 1.54) is 0 Å². The second-order valence-corrected chi connectivity index (χ2v) is 7.09. The SMILES string of the molecule is O=C(O)[C@H]1CC[C@@H](C(=O)N2CCN(c3ncnc4ccsc34)CC2)O1. The van der Waals surface area contributed by atoms with Crippen LogP contribution in [0.2, 0.25) is 0 Å². The van der Waals surface area contributed by atoms with E-state index in [9.17, 15) is 9.59 Å². The van der Waals surface area contributed by atoms with Crippen LogP contribution < -0.4 is 4.90 Å². The van der Waals surface area contributed by atoms with Crippen LogP contribution in [0, 0.1) is 0 Å². The van der Waals surface area contributed by atoms with Gasteiger partial charge in [-0.2, -0.15) is 0 Å². The minimum Gasteiger partial charge on any atom is -0.479 e. The van der Waals surface area contributed by atoms with E-state index in [0.29, 0.717) is 39.0 Å². The first-order valence-corrected chi connectivity index (χ1v) is 9.11. The lowest BCUT2D eigenvalue weighted by atomic mass is 10.1. The highest BCUT2D eigenvalue weighted by Crippen LogP contribution is 2.29. The second-order valence-electron chi connectivity index (χ2n) is 6.17. The maximum atomic E-state index is 12.5. The van der Waals surface area contributed by atoms with E-state index in [2.05, 4.69) is 14.9 Å². The van der Waals surface area contributed by atoms with Crippen molar-refractivity contribution in [2.45, 2.75) is 25.0 Å². The van der Waals surface area contributed by atoms with Gasteiger partial charge in [-0.1, -0.05) is 0 Å². The Morgan fingerprint density at radius 3 is 2.64 bits per heavy atom. The Kier molecular flexibility index (Phi) is 4.26. The van der Waals surface area contributed by atoms with Crippen LogP contribution in [0.1, 0.15) is 12.8 Å². The van der Waals surface area contributed by atoms with Crippen molar-refractivity contribution < 1.29 is 19.4 Å². The molecule has 0 saturated carbocycles. The van der Waals surface area contributed by atoms with Gasteiger partial charge in [0.2, 0.25) is 0 Å². The molecule has 8 nitrogen and oxygen atoms in total. The van der Waals surface area contributed by atoms with E-state index in [0.717, 1.165) is 16.0 Å². The summed E-state index contributed by atoms with van der Waals surface area (Å²) in [5.74, 6) is -0.189. The zero-order valence-corrected chi connectivity index (χ0v) is 14.3. The van der Waals surface area contributed by atoms with Gasteiger partial charge >= 0.3 is 5.97 Å². The molecule has 2 aromatic rings. The van der Waals surface area contributed by atoms with Crippen LogP contribution in [0.4, 0.5) is 5.82 Å². The quantitative estimate of drug-likeness (QED) is 0.869. The molecule has 2 atom stereocenters. The van der Waals surface area contributed by atoms with E-state index >= 15 is 0 Å². The molecule has 0 radical (unpaired) electrons. The first-order chi connectivity index (χ1) is 12.1. The van der Waals surface area contributed by atoms with Gasteiger partial charge in [0.1, 0.15) is 18.2 Å². The van der Waals surface area contributed by atoms with Crippen molar-refractivity contribution in [2.75, 3.05) is 31.1 Å². The van der Waals surface area contributed by atoms with Crippen LogP contribution in [0.25, 0.3) is 10.2 Å². The maximum Gasteiger partial charge on any atom is 0.332 e. The van der Waals surface area contributed by atoms with Gasteiger partial charge in [0, 0.05) is 26.2 Å². The highest BCUT2D eigenvalue weighted by atomic mass is 32.1. The first-order valence-electron chi connectivity index (χ1n) is 8.23. The number of hydrogen-bond donors (Lipinski definition) is 1. The molecule has 0 aromatic carbocycles. The Bertz CT molecular complexity index is 802. The number of hydrogen-bond acceptors (Lipinski definition) is 7. The molecule has 1 N–H and O–H groups in total. The third-order valence-electron chi connectivity index (χ3n) is 4.69. The molecule has 25 heavy (non-hydrogen) atoms. The van der Waals surface area contributed by atoms with Gasteiger partial charge in [-0.25, -0.2) is 14.8 Å². The number of carboxylic acids is 1. The number of nitrogens with zero attached hydrogens (tertiary/aromatic N) is 4. The molecule has 132 valence electrons. The number of thiophene rings is 1. The molecular weight excluding hydrogens is 344 g/mol. The van der Waals surface area contributed by atoms with Crippen molar-refractivity contribution >= 4 is 39.2 Å². The zero-order chi connectivity index (χ0) is 17.4. The van der Waals surface area contributed by atoms with Crippen LogP contribution >= 0.6 is 11.3 Å². The standard InChI is InChI=1S/C16H18N4O4S/c21-15(11-1-2-12(24-11)16(22)23)20-6-4-19(5-7-20)14-13-10(3-8-25-13)17-9-18-14/h3,8-9,11-12H,1-2,4-7H2,(H,22,23)/t11-,12+/m0/s1. The van der Waals surface area contributed by atoms with Gasteiger partial charge in [-0.15, -0.1) is 11.3 Å². The number of ether oxygens (including phenoxy) is 1. The predicted octanol–water partition coefficient (Wildman–Crippen LogP) is 0.972. The summed E-state index contributed by atoms with van der Waals surface area (Å²) in [7, 11) is 0. The van der Waals surface area contributed by atoms with Crippen molar-refractivity contribution in [3.05, 3.63) is 17.8 Å². The number of carboxylic acid groups (broad SMARTS) is 1. The van der Waals surface area contributed by atoms with Gasteiger partial charge in [-0.05, 0) is 24.3 Å². The van der Waals surface area contributed by atoms with Crippen LogP contribution in [0.5, 0.6) is 0 Å². The van der Waals surface area contributed by atoms with Crippen molar-refractivity contribution in [2.24, 2.45) is 0 Å². The lowest BCUT2D eigenvalue weighted by molar-refractivity contribution is -0.154. The number of carbonyl (C=O) groups is 2. The molecule has 9 heteroatoms. The number of rotatable bonds is 3. The Hall–Kier alpha value is -2.26. The lowest BCUT2D eigenvalue weighted by Gasteiger charge is -2.36. The third kappa shape index (κ3) is 3.05. The molecule has 2 aliphatic rings. The molecular formula is C16H18N4O4S. The van der Waals surface area contributed by atoms with Gasteiger partial charge in [-0.3, -0.25) is 4.79 Å². The second kappa shape index (κ2) is 6.57. The number of aromatic nitrogens is 2. The highest BCUT2D eigenvalue weighted by molar-refractivity contribution is 7.17. The lowest BCUT2D eigenvalue weighted by Crippen LogP contribution is -2.51. The summed E-state index contributed by atoms with van der Waals surface area (Å²) in [4.78, 5) is 36.1. The molecule has 2 saturated heterocycles. The van der Waals surface area contributed by atoms with E-state index < -0.39 is 18.2 Å². The number of fused-ring (bicyclic) bond motifs is 1. The molecule has 1 amide bonds. The monoisotopic (exact) mass is 362 g/mol. The van der Waals surface area contributed by atoms with Gasteiger partial charge in [0.05, 0.1) is 10.2 Å². The van der Waals surface area contributed by atoms with Crippen molar-refractivity contribution in [3.63, 3.8) is 0 Å². The number of piperazine rings is 1. The molecule has 0 unspecified atom stereocenters. The molecule has 2 fully saturated rings. The Morgan fingerprint density at radius 1 is 1.16 bits per heavy atom. The Balaban J connectivity index is 1.39. The fourth-order valence-corrected chi connectivity index (χ4v) is 4.21. The summed E-state index contributed by atoms with van der Waals surface area (Å²) < 4.78 is 6.43. The predicted molar refractivity (Wildman–Crippen MR) is 91.7 cm³/mol. The number of amides is 1. The number of carbonyl (C=O) groups excluding carboxylic acids is 1. The molecule has 0 spiro atoms. The van der Waals surface area contributed by atoms with Crippen LogP contribution in [0.3, 0.4) is 0 Å². The number of anilines is 1.